The molecule has 3 heterocycles. The monoisotopic (exact) mass is 393 g/mol. The zero-order valence-corrected chi connectivity index (χ0v) is 16.3. The van der Waals surface area contributed by atoms with Gasteiger partial charge in [0.05, 0.1) is 29.2 Å². The summed E-state index contributed by atoms with van der Waals surface area (Å²) in [6, 6.07) is 13.5. The smallest absolute Gasteiger partial charge is 0.146 e. The first-order valence-electron chi connectivity index (χ1n) is 9.18. The summed E-state index contributed by atoms with van der Waals surface area (Å²) in [6.07, 6.45) is 3.69. The van der Waals surface area contributed by atoms with Gasteiger partial charge >= 0.3 is 0 Å². The van der Waals surface area contributed by atoms with Crippen LogP contribution in [0.15, 0.2) is 48.8 Å². The Morgan fingerprint density at radius 3 is 2.71 bits per heavy atom. The molecule has 1 saturated heterocycles. The van der Waals surface area contributed by atoms with Gasteiger partial charge in [-0.1, -0.05) is 22.9 Å². The van der Waals surface area contributed by atoms with Crippen LogP contribution in [0.25, 0.3) is 5.69 Å². The van der Waals surface area contributed by atoms with Crippen LogP contribution in [0.5, 0.6) is 0 Å². The van der Waals surface area contributed by atoms with E-state index in [-0.39, 0.29) is 6.04 Å². The molecule has 4 rings (SSSR count). The number of hydrogen-bond acceptors (Lipinski definition) is 6. The molecule has 8 heteroatoms. The third-order valence-electron chi connectivity index (χ3n) is 5.08. The first-order chi connectivity index (χ1) is 13.7. The molecule has 1 atom stereocenters. The van der Waals surface area contributed by atoms with Gasteiger partial charge in [0.1, 0.15) is 11.9 Å². The van der Waals surface area contributed by atoms with Crippen molar-refractivity contribution < 1.29 is 0 Å². The second-order valence-corrected chi connectivity index (χ2v) is 7.19. The van der Waals surface area contributed by atoms with Gasteiger partial charge in [-0.05, 0) is 37.3 Å². The van der Waals surface area contributed by atoms with Gasteiger partial charge in [0, 0.05) is 37.4 Å². The van der Waals surface area contributed by atoms with Gasteiger partial charge < -0.3 is 4.90 Å². The summed E-state index contributed by atoms with van der Waals surface area (Å²) < 4.78 is 1.75. The van der Waals surface area contributed by atoms with E-state index < -0.39 is 0 Å². The van der Waals surface area contributed by atoms with Gasteiger partial charge in [0.2, 0.25) is 0 Å². The van der Waals surface area contributed by atoms with Crippen LogP contribution in [-0.2, 0) is 0 Å². The van der Waals surface area contributed by atoms with E-state index in [0.717, 1.165) is 43.4 Å². The second kappa shape index (κ2) is 7.97. The van der Waals surface area contributed by atoms with Crippen molar-refractivity contribution in [2.24, 2.45) is 0 Å². The van der Waals surface area contributed by atoms with E-state index in [1.54, 1.807) is 16.9 Å². The molecular weight excluding hydrogens is 374 g/mol. The maximum Gasteiger partial charge on any atom is 0.146 e. The summed E-state index contributed by atoms with van der Waals surface area (Å²) in [5.74, 6) is 0.768. The SMILES string of the molecule is CC(c1cn(-c2cccc(Cl)c2)nn1)N1CCN(c2ncccc2C#N)CC1. The number of rotatable bonds is 4. The molecule has 142 valence electrons. The quantitative estimate of drug-likeness (QED) is 0.678. The highest BCUT2D eigenvalue weighted by atomic mass is 35.5. The minimum atomic E-state index is 0.147. The summed E-state index contributed by atoms with van der Waals surface area (Å²) in [5, 5.41) is 18.6. The van der Waals surface area contributed by atoms with Gasteiger partial charge in [-0.3, -0.25) is 4.90 Å². The number of nitriles is 1. The van der Waals surface area contributed by atoms with Crippen molar-refractivity contribution in [3.63, 3.8) is 0 Å². The van der Waals surface area contributed by atoms with Crippen molar-refractivity contribution in [3.8, 4) is 11.8 Å². The summed E-state index contributed by atoms with van der Waals surface area (Å²) in [7, 11) is 0. The largest absolute Gasteiger partial charge is 0.353 e. The number of benzene rings is 1. The number of halogens is 1. The van der Waals surface area contributed by atoms with Gasteiger partial charge in [-0.15, -0.1) is 5.10 Å². The normalized spacial score (nSPS) is 16.0. The van der Waals surface area contributed by atoms with E-state index in [2.05, 4.69) is 38.1 Å². The Morgan fingerprint density at radius 1 is 1.14 bits per heavy atom. The van der Waals surface area contributed by atoms with Crippen LogP contribution in [-0.4, -0.2) is 51.1 Å². The molecule has 2 aromatic heterocycles. The van der Waals surface area contributed by atoms with Gasteiger partial charge in [0.25, 0.3) is 0 Å². The molecule has 0 amide bonds. The molecule has 1 aromatic carbocycles. The zero-order chi connectivity index (χ0) is 19.5. The summed E-state index contributed by atoms with van der Waals surface area (Å²) in [4.78, 5) is 8.94. The van der Waals surface area contributed by atoms with Crippen LogP contribution in [0.4, 0.5) is 5.82 Å². The van der Waals surface area contributed by atoms with E-state index in [1.807, 2.05) is 36.5 Å². The Labute approximate surface area is 168 Å². The van der Waals surface area contributed by atoms with Crippen LogP contribution >= 0.6 is 11.6 Å². The fourth-order valence-electron chi connectivity index (χ4n) is 3.46. The van der Waals surface area contributed by atoms with Crippen LogP contribution in [0.3, 0.4) is 0 Å². The number of hydrogen-bond donors (Lipinski definition) is 0. The predicted molar refractivity (Wildman–Crippen MR) is 108 cm³/mol. The van der Waals surface area contributed by atoms with E-state index in [1.165, 1.54) is 0 Å². The first kappa shape index (κ1) is 18.4. The average Bonchev–Trinajstić information content (AvgIpc) is 3.24. The number of piperazine rings is 1. The molecule has 3 aromatic rings. The molecule has 0 aliphatic carbocycles. The predicted octanol–water partition coefficient (Wildman–Crippen LogP) is 3.07. The number of pyridine rings is 1. The van der Waals surface area contributed by atoms with E-state index in [4.69, 9.17) is 11.6 Å². The van der Waals surface area contributed by atoms with E-state index >= 15 is 0 Å². The van der Waals surface area contributed by atoms with Crippen LogP contribution in [0.2, 0.25) is 5.02 Å². The maximum atomic E-state index is 9.30. The molecule has 0 bridgehead atoms. The van der Waals surface area contributed by atoms with Crippen molar-refractivity contribution in [1.29, 1.82) is 5.26 Å². The number of nitrogens with zero attached hydrogens (tertiary/aromatic N) is 7. The Bertz CT molecular complexity index is 1000. The number of anilines is 1. The van der Waals surface area contributed by atoms with Gasteiger partial charge in [-0.2, -0.15) is 5.26 Å². The summed E-state index contributed by atoms with van der Waals surface area (Å²) in [6.45, 7) is 5.51. The lowest BCUT2D eigenvalue weighted by atomic mass is 10.1. The van der Waals surface area contributed by atoms with Gasteiger partial charge in [0.15, 0.2) is 0 Å². The lowest BCUT2D eigenvalue weighted by Crippen LogP contribution is -2.47. The molecule has 1 unspecified atom stereocenters. The molecule has 0 radical (unpaired) electrons. The molecule has 1 aliphatic heterocycles. The van der Waals surface area contributed by atoms with E-state index in [9.17, 15) is 5.26 Å². The van der Waals surface area contributed by atoms with Gasteiger partial charge in [-0.25, -0.2) is 9.67 Å². The lowest BCUT2D eigenvalue weighted by molar-refractivity contribution is 0.195. The highest BCUT2D eigenvalue weighted by molar-refractivity contribution is 6.30. The van der Waals surface area contributed by atoms with Crippen molar-refractivity contribution in [3.05, 3.63) is 65.1 Å². The van der Waals surface area contributed by atoms with Crippen molar-refractivity contribution >= 4 is 17.4 Å². The Morgan fingerprint density at radius 2 is 1.96 bits per heavy atom. The van der Waals surface area contributed by atoms with Crippen LogP contribution in [0, 0.1) is 11.3 Å². The molecule has 7 nitrogen and oxygen atoms in total. The Kier molecular flexibility index (Phi) is 5.24. The minimum absolute atomic E-state index is 0.147. The third kappa shape index (κ3) is 3.70. The fraction of sp³-hybridized carbons (Fsp3) is 0.300. The molecule has 0 N–H and O–H groups in total. The summed E-state index contributed by atoms with van der Waals surface area (Å²) in [5.41, 5.74) is 2.43. The lowest BCUT2D eigenvalue weighted by Gasteiger charge is -2.38. The van der Waals surface area contributed by atoms with E-state index in [0.29, 0.717) is 10.6 Å². The molecule has 1 aliphatic rings. The van der Waals surface area contributed by atoms with Crippen molar-refractivity contribution in [1.82, 2.24) is 24.9 Å². The van der Waals surface area contributed by atoms with Crippen molar-refractivity contribution in [2.75, 3.05) is 31.1 Å². The third-order valence-corrected chi connectivity index (χ3v) is 5.32. The topological polar surface area (TPSA) is 73.9 Å². The molecular formula is C20H20ClN7. The standard InChI is InChI=1S/C20H20ClN7/c1-15(19-14-28(25-24-19)18-6-2-5-17(21)12-18)26-8-10-27(11-9-26)20-16(13-22)4-3-7-23-20/h2-7,12,14-15H,8-11H2,1H3. The van der Waals surface area contributed by atoms with Crippen LogP contribution in [0.1, 0.15) is 24.2 Å². The highest BCUT2D eigenvalue weighted by Crippen LogP contribution is 2.24. The maximum absolute atomic E-state index is 9.30. The zero-order valence-electron chi connectivity index (χ0n) is 15.5. The second-order valence-electron chi connectivity index (χ2n) is 6.75. The molecule has 0 saturated carbocycles. The number of aromatic nitrogens is 4. The first-order valence-corrected chi connectivity index (χ1v) is 9.56. The molecule has 0 spiro atoms. The van der Waals surface area contributed by atoms with Crippen LogP contribution < -0.4 is 4.90 Å². The Hall–Kier alpha value is -2.95. The fourth-order valence-corrected chi connectivity index (χ4v) is 3.64. The Balaban J connectivity index is 1.43. The highest BCUT2D eigenvalue weighted by Gasteiger charge is 2.25. The summed E-state index contributed by atoms with van der Waals surface area (Å²) >= 11 is 6.07. The molecule has 28 heavy (non-hydrogen) atoms. The van der Waals surface area contributed by atoms with Crippen molar-refractivity contribution in [2.45, 2.75) is 13.0 Å². The minimum Gasteiger partial charge on any atom is -0.353 e. The average molecular weight is 394 g/mol. The molecule has 1 fully saturated rings.